The van der Waals surface area contributed by atoms with Crippen molar-refractivity contribution in [2.45, 2.75) is 73.3 Å². The smallest absolute Gasteiger partial charge is 0.303 e. The van der Waals surface area contributed by atoms with Gasteiger partial charge >= 0.3 is 5.97 Å². The van der Waals surface area contributed by atoms with Gasteiger partial charge in [0.15, 0.2) is 0 Å². The van der Waals surface area contributed by atoms with Crippen molar-refractivity contribution in [3.05, 3.63) is 107 Å². The molecule has 5 heterocycles. The van der Waals surface area contributed by atoms with Gasteiger partial charge in [-0.25, -0.2) is 9.97 Å². The van der Waals surface area contributed by atoms with Crippen LogP contribution in [-0.2, 0) is 37.5 Å². The maximum atomic E-state index is 13.9. The SMILES string of the molecule is CCn1nc(C)cc1C(=O)Nc1nc2cc(C(N)=O)cc(OC/C=C/Cn3cc(N)cn3)c2n1C/C=C/Cn1c(NC(=O)c2cc(C)nn2CC)nc2cc(C(N)=O)cc(OCCCC(=O)O)c21. The molecule has 0 spiro atoms. The van der Waals surface area contributed by atoms with Crippen molar-refractivity contribution in [3.63, 3.8) is 0 Å². The van der Waals surface area contributed by atoms with Crippen LogP contribution in [0.4, 0.5) is 17.6 Å². The second kappa shape index (κ2) is 20.6. The largest absolute Gasteiger partial charge is 0.491 e. The molecular formula is C45H51N15O8. The lowest BCUT2D eigenvalue weighted by atomic mass is 10.1. The minimum absolute atomic E-state index is 0.0147. The van der Waals surface area contributed by atoms with E-state index in [2.05, 4.69) is 25.9 Å². The van der Waals surface area contributed by atoms with E-state index in [4.69, 9.17) is 36.6 Å². The van der Waals surface area contributed by atoms with Crippen LogP contribution in [-0.4, -0.2) is 96.4 Å². The van der Waals surface area contributed by atoms with Crippen LogP contribution in [0.3, 0.4) is 0 Å². The zero-order chi connectivity index (χ0) is 48.6. The molecule has 0 aliphatic rings. The van der Waals surface area contributed by atoms with Crippen LogP contribution in [0, 0.1) is 13.8 Å². The average molecular weight is 930 g/mol. The first-order valence-electron chi connectivity index (χ1n) is 21.6. The third-order valence-electron chi connectivity index (χ3n) is 10.5. The number of nitrogen functional groups attached to an aromatic ring is 1. The van der Waals surface area contributed by atoms with Crippen LogP contribution in [0.5, 0.6) is 11.5 Å². The number of anilines is 3. The Hall–Kier alpha value is -8.76. The predicted molar refractivity (Wildman–Crippen MR) is 250 cm³/mol. The van der Waals surface area contributed by atoms with Crippen molar-refractivity contribution in [3.8, 4) is 11.5 Å². The number of benzene rings is 2. The first-order valence-corrected chi connectivity index (χ1v) is 21.6. The summed E-state index contributed by atoms with van der Waals surface area (Å²) in [5.74, 6) is -2.81. The van der Waals surface area contributed by atoms with Crippen molar-refractivity contribution >= 4 is 69.2 Å². The fourth-order valence-corrected chi connectivity index (χ4v) is 7.41. The number of carboxylic acid groups (broad SMARTS) is 1. The number of amides is 4. The van der Waals surface area contributed by atoms with Gasteiger partial charge in [0.1, 0.15) is 40.5 Å². The van der Waals surface area contributed by atoms with Gasteiger partial charge in [-0.2, -0.15) is 15.3 Å². The summed E-state index contributed by atoms with van der Waals surface area (Å²) in [5, 5.41) is 28.0. The van der Waals surface area contributed by atoms with Crippen LogP contribution in [0.2, 0.25) is 0 Å². The number of nitrogens with zero attached hydrogens (tertiary/aromatic N) is 10. The van der Waals surface area contributed by atoms with E-state index in [9.17, 15) is 29.1 Å². The molecule has 9 N–H and O–H groups in total. The zero-order valence-electron chi connectivity index (χ0n) is 37.8. The Balaban J connectivity index is 1.28. The predicted octanol–water partition coefficient (Wildman–Crippen LogP) is 4.05. The number of hydrogen-bond donors (Lipinski definition) is 6. The Morgan fingerprint density at radius 1 is 0.706 bits per heavy atom. The van der Waals surface area contributed by atoms with Crippen molar-refractivity contribution in [2.75, 3.05) is 29.6 Å². The molecule has 23 heteroatoms. The summed E-state index contributed by atoms with van der Waals surface area (Å²) in [5.41, 5.74) is 21.2. The summed E-state index contributed by atoms with van der Waals surface area (Å²) in [6.45, 7) is 8.76. The van der Waals surface area contributed by atoms with Gasteiger partial charge in [-0.3, -0.25) is 48.7 Å². The van der Waals surface area contributed by atoms with E-state index in [0.29, 0.717) is 59.0 Å². The van der Waals surface area contributed by atoms with E-state index in [1.165, 1.54) is 24.3 Å². The van der Waals surface area contributed by atoms with Crippen molar-refractivity contribution in [1.82, 2.24) is 48.4 Å². The number of primary amides is 2. The Labute approximate surface area is 388 Å². The number of carbonyl (C=O) groups is 5. The molecule has 0 aliphatic heterocycles. The number of imidazole rings is 2. The van der Waals surface area contributed by atoms with Crippen LogP contribution >= 0.6 is 0 Å². The molecule has 0 saturated heterocycles. The highest BCUT2D eigenvalue weighted by Gasteiger charge is 2.24. The molecule has 354 valence electrons. The summed E-state index contributed by atoms with van der Waals surface area (Å²) in [6, 6.07) is 9.24. The number of aliphatic carboxylic acids is 1. The fourth-order valence-electron chi connectivity index (χ4n) is 7.41. The highest BCUT2D eigenvalue weighted by molar-refractivity contribution is 6.05. The van der Waals surface area contributed by atoms with Crippen LogP contribution in [0.15, 0.2) is 73.1 Å². The molecule has 0 fully saturated rings. The third-order valence-corrected chi connectivity index (χ3v) is 10.5. The van der Waals surface area contributed by atoms with Gasteiger partial charge in [-0.15, -0.1) is 0 Å². The van der Waals surface area contributed by atoms with Crippen LogP contribution in [0.25, 0.3) is 22.1 Å². The second-order valence-electron chi connectivity index (χ2n) is 15.5. The summed E-state index contributed by atoms with van der Waals surface area (Å²) >= 11 is 0. The van der Waals surface area contributed by atoms with Gasteiger partial charge in [-0.05, 0) is 76.6 Å². The number of carboxylic acids is 1. The van der Waals surface area contributed by atoms with Crippen molar-refractivity contribution in [2.24, 2.45) is 11.5 Å². The molecule has 0 radical (unpaired) electrons. The third kappa shape index (κ3) is 10.7. The van der Waals surface area contributed by atoms with Gasteiger partial charge in [-0.1, -0.05) is 18.2 Å². The number of aryl methyl sites for hydroxylation is 4. The van der Waals surface area contributed by atoms with Gasteiger partial charge in [0, 0.05) is 49.9 Å². The zero-order valence-corrected chi connectivity index (χ0v) is 37.8. The first kappa shape index (κ1) is 47.2. The van der Waals surface area contributed by atoms with E-state index in [1.807, 2.05) is 19.9 Å². The molecule has 0 saturated carbocycles. The van der Waals surface area contributed by atoms with E-state index in [-0.39, 0.29) is 84.9 Å². The second-order valence-corrected chi connectivity index (χ2v) is 15.5. The number of ether oxygens (including phenoxy) is 2. The maximum Gasteiger partial charge on any atom is 0.303 e. The lowest BCUT2D eigenvalue weighted by molar-refractivity contribution is -0.137. The van der Waals surface area contributed by atoms with Crippen LogP contribution in [0.1, 0.15) is 79.8 Å². The fraction of sp³-hybridized carbons (Fsp3) is 0.289. The van der Waals surface area contributed by atoms with E-state index in [0.717, 1.165) is 0 Å². The van der Waals surface area contributed by atoms with Gasteiger partial charge in [0.2, 0.25) is 23.7 Å². The molecular weight excluding hydrogens is 879 g/mol. The van der Waals surface area contributed by atoms with E-state index in [1.54, 1.807) is 79.8 Å². The monoisotopic (exact) mass is 929 g/mol. The summed E-state index contributed by atoms with van der Waals surface area (Å²) in [6.07, 6.45) is 10.4. The standard InChI is InChI=1S/C45H51N15O8/c1-5-59-33(18-26(3)54-59)42(65)52-44-50-31-20-28(40(47)63)22-35(67-16-10-9-13-56-25-30(46)24-49-56)38(31)57(44)14-7-8-15-58-39-32(21-29(41(48)64)23-36(39)68-17-11-12-37(61)62)51-45(58)53-43(66)34-19-27(4)55-60(34)6-2/h7-10,18-25H,5-6,11-17,46H2,1-4H3,(H2,47,63)(H2,48,64)(H,61,62)(H,50,52,65)(H,51,53,66)/b8-7+,10-9+. The molecule has 5 aromatic heterocycles. The lowest BCUT2D eigenvalue weighted by Gasteiger charge is -2.13. The molecule has 4 amide bonds. The number of hydrogen-bond acceptors (Lipinski definition) is 13. The first-order chi connectivity index (χ1) is 32.6. The Bertz CT molecular complexity index is 3110. The topological polar surface area (TPSA) is 315 Å². The summed E-state index contributed by atoms with van der Waals surface area (Å²) < 4.78 is 20.5. The quantitative estimate of drug-likeness (QED) is 0.0413. The number of allylic oxidation sites excluding steroid dienone is 3. The molecule has 68 heavy (non-hydrogen) atoms. The summed E-state index contributed by atoms with van der Waals surface area (Å²) in [4.78, 5) is 73.5. The normalized spacial score (nSPS) is 11.6. The van der Waals surface area contributed by atoms with Gasteiger partial charge in [0.25, 0.3) is 11.8 Å². The Kier molecular flexibility index (Phi) is 14.3. The van der Waals surface area contributed by atoms with E-state index < -0.39 is 29.6 Å². The molecule has 7 rings (SSSR count). The maximum absolute atomic E-state index is 13.9. The molecule has 2 aromatic carbocycles. The Morgan fingerprint density at radius 3 is 1.66 bits per heavy atom. The van der Waals surface area contributed by atoms with E-state index >= 15 is 0 Å². The number of rotatable bonds is 22. The minimum atomic E-state index is -1.00. The summed E-state index contributed by atoms with van der Waals surface area (Å²) in [7, 11) is 0. The number of aromatic nitrogens is 10. The van der Waals surface area contributed by atoms with Crippen LogP contribution < -0.4 is 37.3 Å². The Morgan fingerprint density at radius 2 is 1.21 bits per heavy atom. The molecule has 23 nitrogen and oxygen atoms in total. The lowest BCUT2D eigenvalue weighted by Crippen LogP contribution is -2.20. The highest BCUT2D eigenvalue weighted by atomic mass is 16.5. The number of nitrogens with two attached hydrogens (primary N) is 3. The highest BCUT2D eigenvalue weighted by Crippen LogP contribution is 2.33. The van der Waals surface area contributed by atoms with Gasteiger partial charge in [0.05, 0.1) is 47.5 Å². The van der Waals surface area contributed by atoms with Gasteiger partial charge < -0.3 is 40.9 Å². The minimum Gasteiger partial charge on any atom is -0.491 e. The van der Waals surface area contributed by atoms with Crippen molar-refractivity contribution in [1.29, 1.82) is 0 Å². The molecule has 0 bridgehead atoms. The number of nitrogens with one attached hydrogen (secondary N) is 2. The molecule has 0 unspecified atom stereocenters. The molecule has 0 aliphatic carbocycles. The number of fused-ring (bicyclic) bond motifs is 2. The number of carbonyl (C=O) groups excluding carboxylic acids is 4. The average Bonchev–Trinajstić information content (AvgIpc) is 4.13. The molecule has 0 atom stereocenters. The van der Waals surface area contributed by atoms with Crippen molar-refractivity contribution < 1.29 is 38.6 Å². The molecule has 7 aromatic rings.